The van der Waals surface area contributed by atoms with Gasteiger partial charge in [-0.3, -0.25) is 0 Å². The molecule has 1 aromatic rings. The van der Waals surface area contributed by atoms with Crippen LogP contribution in [0.5, 0.6) is 0 Å². The highest BCUT2D eigenvalue weighted by atomic mass is 35.5. The van der Waals surface area contributed by atoms with Crippen molar-refractivity contribution in [3.63, 3.8) is 0 Å². The molecular formula is C10H11ClF3N. The van der Waals surface area contributed by atoms with Crippen molar-refractivity contribution in [1.82, 2.24) is 5.32 Å². The predicted molar refractivity (Wildman–Crippen MR) is 53.9 cm³/mol. The molecule has 1 aromatic carbocycles. The van der Waals surface area contributed by atoms with Gasteiger partial charge in [-0.05, 0) is 37.7 Å². The van der Waals surface area contributed by atoms with Gasteiger partial charge in [-0.25, -0.2) is 0 Å². The molecule has 15 heavy (non-hydrogen) atoms. The van der Waals surface area contributed by atoms with Gasteiger partial charge in [0.25, 0.3) is 0 Å². The first-order valence-electron chi connectivity index (χ1n) is 4.39. The first kappa shape index (κ1) is 12.3. The molecular weight excluding hydrogens is 227 g/mol. The Morgan fingerprint density at radius 3 is 2.33 bits per heavy atom. The number of alkyl halides is 3. The zero-order chi connectivity index (χ0) is 11.6. The summed E-state index contributed by atoms with van der Waals surface area (Å²) in [5, 5.41) is 2.96. The van der Waals surface area contributed by atoms with Crippen LogP contribution in [0.1, 0.15) is 24.1 Å². The van der Waals surface area contributed by atoms with Crippen molar-refractivity contribution >= 4 is 11.6 Å². The number of rotatable bonds is 2. The number of benzene rings is 1. The number of halogens is 4. The Morgan fingerprint density at radius 2 is 1.87 bits per heavy atom. The van der Waals surface area contributed by atoms with Gasteiger partial charge in [0.15, 0.2) is 0 Å². The molecule has 0 unspecified atom stereocenters. The molecule has 0 fully saturated rings. The highest BCUT2D eigenvalue weighted by Gasteiger charge is 2.31. The molecule has 1 rings (SSSR count). The molecule has 1 nitrogen and oxygen atoms in total. The summed E-state index contributed by atoms with van der Waals surface area (Å²) in [4.78, 5) is 0. The second kappa shape index (κ2) is 4.41. The lowest BCUT2D eigenvalue weighted by Crippen LogP contribution is -2.14. The molecule has 0 aromatic heterocycles. The SMILES string of the molecule is CN[C@@H](C)c1cc(Cl)cc(C(F)(F)F)c1. The molecule has 0 bridgehead atoms. The Hall–Kier alpha value is -0.740. The first-order valence-corrected chi connectivity index (χ1v) is 4.77. The Labute approximate surface area is 91.2 Å². The summed E-state index contributed by atoms with van der Waals surface area (Å²) in [6.45, 7) is 1.77. The first-order chi connectivity index (χ1) is 6.84. The molecule has 5 heteroatoms. The standard InChI is InChI=1S/C10H11ClF3N/c1-6(15-2)7-3-8(10(12,13)14)5-9(11)4-7/h3-6,15H,1-2H3/t6-/m0/s1. The topological polar surface area (TPSA) is 12.0 Å². The average Bonchev–Trinajstić information content (AvgIpc) is 2.14. The Morgan fingerprint density at radius 1 is 1.27 bits per heavy atom. The molecule has 0 radical (unpaired) electrons. The van der Waals surface area contributed by atoms with E-state index in [0.29, 0.717) is 5.56 Å². The lowest BCUT2D eigenvalue weighted by atomic mass is 10.1. The molecule has 0 spiro atoms. The maximum Gasteiger partial charge on any atom is 0.416 e. The van der Waals surface area contributed by atoms with Crippen LogP contribution in [0.2, 0.25) is 5.02 Å². The van der Waals surface area contributed by atoms with Crippen LogP contribution in [-0.4, -0.2) is 7.05 Å². The summed E-state index contributed by atoms with van der Waals surface area (Å²) >= 11 is 5.63. The molecule has 0 heterocycles. The van der Waals surface area contributed by atoms with Crippen molar-refractivity contribution in [2.45, 2.75) is 19.1 Å². The summed E-state index contributed by atoms with van der Waals surface area (Å²) in [6, 6.07) is 3.39. The Kier molecular flexibility index (Phi) is 3.62. The van der Waals surface area contributed by atoms with Crippen LogP contribution in [0.4, 0.5) is 13.2 Å². The molecule has 1 N–H and O–H groups in total. The van der Waals surface area contributed by atoms with E-state index in [1.165, 1.54) is 6.07 Å². The highest BCUT2D eigenvalue weighted by Crippen LogP contribution is 2.33. The van der Waals surface area contributed by atoms with E-state index in [1.54, 1.807) is 14.0 Å². The van der Waals surface area contributed by atoms with E-state index in [1.807, 2.05) is 0 Å². The minimum absolute atomic E-state index is 0.0990. The van der Waals surface area contributed by atoms with E-state index in [0.717, 1.165) is 12.1 Å². The zero-order valence-electron chi connectivity index (χ0n) is 8.32. The molecule has 0 aliphatic heterocycles. The van der Waals surface area contributed by atoms with E-state index in [4.69, 9.17) is 11.6 Å². The van der Waals surface area contributed by atoms with Gasteiger partial charge in [0, 0.05) is 11.1 Å². The molecule has 0 aliphatic rings. The van der Waals surface area contributed by atoms with Gasteiger partial charge in [-0.15, -0.1) is 0 Å². The number of hydrogen-bond donors (Lipinski definition) is 1. The Balaban J connectivity index is 3.17. The normalized spacial score (nSPS) is 14.0. The second-order valence-corrected chi connectivity index (χ2v) is 3.72. The smallest absolute Gasteiger partial charge is 0.313 e. The highest BCUT2D eigenvalue weighted by molar-refractivity contribution is 6.30. The second-order valence-electron chi connectivity index (χ2n) is 3.28. The monoisotopic (exact) mass is 237 g/mol. The van der Waals surface area contributed by atoms with Crippen LogP contribution in [0.15, 0.2) is 18.2 Å². The quantitative estimate of drug-likeness (QED) is 0.828. The minimum Gasteiger partial charge on any atom is -0.313 e. The van der Waals surface area contributed by atoms with Crippen LogP contribution < -0.4 is 5.32 Å². The van der Waals surface area contributed by atoms with Crippen molar-refractivity contribution in [1.29, 1.82) is 0 Å². The van der Waals surface area contributed by atoms with E-state index in [-0.39, 0.29) is 11.1 Å². The molecule has 0 saturated carbocycles. The zero-order valence-corrected chi connectivity index (χ0v) is 9.08. The summed E-state index contributed by atoms with van der Waals surface area (Å²) < 4.78 is 37.3. The van der Waals surface area contributed by atoms with Crippen molar-refractivity contribution in [3.05, 3.63) is 34.3 Å². The lowest BCUT2D eigenvalue weighted by molar-refractivity contribution is -0.137. The van der Waals surface area contributed by atoms with Crippen molar-refractivity contribution < 1.29 is 13.2 Å². The fraction of sp³-hybridized carbons (Fsp3) is 0.400. The molecule has 0 saturated heterocycles. The fourth-order valence-corrected chi connectivity index (χ4v) is 1.44. The van der Waals surface area contributed by atoms with Crippen LogP contribution in [0.25, 0.3) is 0 Å². The molecule has 0 aliphatic carbocycles. The number of nitrogens with one attached hydrogen (secondary N) is 1. The van der Waals surface area contributed by atoms with Crippen molar-refractivity contribution in [2.75, 3.05) is 7.05 Å². The maximum absolute atomic E-state index is 12.4. The average molecular weight is 238 g/mol. The Bertz CT molecular complexity index is 349. The molecule has 0 amide bonds. The molecule has 1 atom stereocenters. The predicted octanol–water partition coefficient (Wildman–Crippen LogP) is 3.64. The molecule has 84 valence electrons. The van der Waals surface area contributed by atoms with E-state index < -0.39 is 11.7 Å². The van der Waals surface area contributed by atoms with Gasteiger partial charge < -0.3 is 5.32 Å². The van der Waals surface area contributed by atoms with Gasteiger partial charge in [0.2, 0.25) is 0 Å². The van der Waals surface area contributed by atoms with Gasteiger partial charge >= 0.3 is 6.18 Å². The maximum atomic E-state index is 12.4. The van der Waals surface area contributed by atoms with E-state index in [2.05, 4.69) is 5.32 Å². The number of hydrogen-bond acceptors (Lipinski definition) is 1. The van der Waals surface area contributed by atoms with E-state index in [9.17, 15) is 13.2 Å². The van der Waals surface area contributed by atoms with Gasteiger partial charge in [-0.2, -0.15) is 13.2 Å². The van der Waals surface area contributed by atoms with Crippen LogP contribution >= 0.6 is 11.6 Å². The summed E-state index contributed by atoms with van der Waals surface area (Å²) in [7, 11) is 1.68. The fourth-order valence-electron chi connectivity index (χ4n) is 1.19. The summed E-state index contributed by atoms with van der Waals surface area (Å²) in [6.07, 6.45) is -4.35. The summed E-state index contributed by atoms with van der Waals surface area (Å²) in [5.74, 6) is 0. The van der Waals surface area contributed by atoms with E-state index >= 15 is 0 Å². The van der Waals surface area contributed by atoms with Crippen molar-refractivity contribution in [3.8, 4) is 0 Å². The third-order valence-electron chi connectivity index (χ3n) is 2.18. The minimum atomic E-state index is -4.35. The largest absolute Gasteiger partial charge is 0.416 e. The third kappa shape index (κ3) is 3.11. The van der Waals surface area contributed by atoms with Gasteiger partial charge in [0.05, 0.1) is 5.56 Å². The van der Waals surface area contributed by atoms with Crippen LogP contribution in [0.3, 0.4) is 0 Å². The van der Waals surface area contributed by atoms with Gasteiger partial charge in [-0.1, -0.05) is 11.6 Å². The van der Waals surface area contributed by atoms with Crippen molar-refractivity contribution in [2.24, 2.45) is 0 Å². The van der Waals surface area contributed by atoms with Crippen LogP contribution in [0, 0.1) is 0 Å². The van der Waals surface area contributed by atoms with Crippen LogP contribution in [-0.2, 0) is 6.18 Å². The summed E-state index contributed by atoms with van der Waals surface area (Å²) in [5.41, 5.74) is -0.190. The van der Waals surface area contributed by atoms with Gasteiger partial charge in [0.1, 0.15) is 0 Å². The lowest BCUT2D eigenvalue weighted by Gasteiger charge is -2.14. The third-order valence-corrected chi connectivity index (χ3v) is 2.40.